The number of nitrogens with zero attached hydrogens (tertiary/aromatic N) is 1. The van der Waals surface area contributed by atoms with Gasteiger partial charge in [-0.2, -0.15) is 0 Å². The summed E-state index contributed by atoms with van der Waals surface area (Å²) in [6.45, 7) is 4.29. The third-order valence-corrected chi connectivity index (χ3v) is 2.23. The number of pyridine rings is 1. The van der Waals surface area contributed by atoms with Gasteiger partial charge in [0.25, 0.3) is 0 Å². The molecule has 0 saturated carbocycles. The fourth-order valence-electron chi connectivity index (χ4n) is 1.47. The average molecular weight is 177 g/mol. The first-order chi connectivity index (χ1) is 6.33. The summed E-state index contributed by atoms with van der Waals surface area (Å²) in [4.78, 5) is 4.47. The van der Waals surface area contributed by atoms with Gasteiger partial charge in [0, 0.05) is 11.4 Å². The molecule has 0 atom stereocenters. The number of hydrogen-bond acceptors (Lipinski definition) is 1. The molecule has 0 bridgehead atoms. The van der Waals surface area contributed by atoms with Crippen LogP contribution in [0.15, 0.2) is 18.2 Å². The van der Waals surface area contributed by atoms with E-state index in [0.29, 0.717) is 0 Å². The Hall–Kier alpha value is -0.850. The van der Waals surface area contributed by atoms with Gasteiger partial charge in [0.05, 0.1) is 0 Å². The van der Waals surface area contributed by atoms with Crippen molar-refractivity contribution in [2.24, 2.45) is 0 Å². The smallest absolute Gasteiger partial charge is 0.0406 e. The van der Waals surface area contributed by atoms with Gasteiger partial charge in [0.1, 0.15) is 0 Å². The van der Waals surface area contributed by atoms with Crippen LogP contribution in [0.4, 0.5) is 0 Å². The Balaban J connectivity index is 2.28. The zero-order valence-electron chi connectivity index (χ0n) is 8.71. The maximum atomic E-state index is 4.47. The van der Waals surface area contributed by atoms with Crippen molar-refractivity contribution in [1.82, 2.24) is 4.98 Å². The molecule has 1 aromatic rings. The first-order valence-corrected chi connectivity index (χ1v) is 5.25. The Kier molecular flexibility index (Phi) is 4.52. The fourth-order valence-corrected chi connectivity index (χ4v) is 1.47. The maximum Gasteiger partial charge on any atom is 0.0406 e. The minimum absolute atomic E-state index is 1.13. The van der Waals surface area contributed by atoms with Crippen LogP contribution in [0, 0.1) is 6.92 Å². The number of aromatic nitrogens is 1. The van der Waals surface area contributed by atoms with Gasteiger partial charge in [0.15, 0.2) is 0 Å². The SMILES string of the molecule is CCCCCCc1cccc(C)n1. The van der Waals surface area contributed by atoms with Gasteiger partial charge in [-0.3, -0.25) is 4.98 Å². The number of aryl methyl sites for hydroxylation is 2. The lowest BCUT2D eigenvalue weighted by Crippen LogP contribution is -1.91. The Morgan fingerprint density at radius 3 is 2.69 bits per heavy atom. The highest BCUT2D eigenvalue weighted by atomic mass is 14.7. The normalized spacial score (nSPS) is 10.3. The molecule has 0 aliphatic carbocycles. The molecule has 1 nitrogen and oxygen atoms in total. The topological polar surface area (TPSA) is 12.9 Å². The molecule has 72 valence electrons. The van der Waals surface area contributed by atoms with Crippen LogP contribution in [-0.4, -0.2) is 4.98 Å². The van der Waals surface area contributed by atoms with Crippen molar-refractivity contribution in [2.45, 2.75) is 46.0 Å². The lowest BCUT2D eigenvalue weighted by molar-refractivity contribution is 0.660. The molecule has 0 radical (unpaired) electrons. The van der Waals surface area contributed by atoms with Gasteiger partial charge in [0.2, 0.25) is 0 Å². The average Bonchev–Trinajstić information content (AvgIpc) is 2.13. The molecule has 0 amide bonds. The van der Waals surface area contributed by atoms with Crippen LogP contribution in [0.1, 0.15) is 44.0 Å². The molecule has 1 heterocycles. The standard InChI is InChI=1S/C12H19N/c1-3-4-5-6-9-12-10-7-8-11(2)13-12/h7-8,10H,3-6,9H2,1-2H3. The van der Waals surface area contributed by atoms with E-state index >= 15 is 0 Å². The second-order valence-corrected chi connectivity index (χ2v) is 3.58. The summed E-state index contributed by atoms with van der Waals surface area (Å²) in [5, 5.41) is 0. The van der Waals surface area contributed by atoms with Gasteiger partial charge in [-0.25, -0.2) is 0 Å². The van der Waals surface area contributed by atoms with Gasteiger partial charge < -0.3 is 0 Å². The maximum absolute atomic E-state index is 4.47. The van der Waals surface area contributed by atoms with Crippen LogP contribution in [0.5, 0.6) is 0 Å². The number of unbranched alkanes of at least 4 members (excludes halogenated alkanes) is 3. The monoisotopic (exact) mass is 177 g/mol. The first-order valence-electron chi connectivity index (χ1n) is 5.25. The highest BCUT2D eigenvalue weighted by molar-refractivity contribution is 5.09. The molecular formula is C12H19N. The van der Waals surface area contributed by atoms with Gasteiger partial charge in [-0.15, -0.1) is 0 Å². The molecule has 0 aliphatic heterocycles. The zero-order valence-corrected chi connectivity index (χ0v) is 8.71. The zero-order chi connectivity index (χ0) is 9.52. The molecule has 0 N–H and O–H groups in total. The minimum atomic E-state index is 1.13. The van der Waals surface area contributed by atoms with Crippen LogP contribution in [0.2, 0.25) is 0 Å². The van der Waals surface area contributed by atoms with E-state index in [1.54, 1.807) is 0 Å². The predicted molar refractivity (Wildman–Crippen MR) is 56.8 cm³/mol. The Bertz CT molecular complexity index is 243. The lowest BCUT2D eigenvalue weighted by atomic mass is 10.1. The van der Waals surface area contributed by atoms with Crippen molar-refractivity contribution < 1.29 is 0 Å². The summed E-state index contributed by atoms with van der Waals surface area (Å²) in [6.07, 6.45) is 6.42. The minimum Gasteiger partial charge on any atom is -0.258 e. The van der Waals surface area contributed by atoms with E-state index in [4.69, 9.17) is 0 Å². The molecule has 0 aliphatic rings. The van der Waals surface area contributed by atoms with Crippen LogP contribution >= 0.6 is 0 Å². The second-order valence-electron chi connectivity index (χ2n) is 3.58. The largest absolute Gasteiger partial charge is 0.258 e. The molecule has 1 heteroatoms. The summed E-state index contributed by atoms with van der Waals surface area (Å²) in [7, 11) is 0. The third-order valence-electron chi connectivity index (χ3n) is 2.23. The third kappa shape index (κ3) is 4.07. The summed E-state index contributed by atoms with van der Waals surface area (Å²) in [6, 6.07) is 6.27. The summed E-state index contributed by atoms with van der Waals surface area (Å²) in [5.74, 6) is 0. The first kappa shape index (κ1) is 10.2. The summed E-state index contributed by atoms with van der Waals surface area (Å²) in [5.41, 5.74) is 2.38. The summed E-state index contributed by atoms with van der Waals surface area (Å²) >= 11 is 0. The van der Waals surface area contributed by atoms with Crippen molar-refractivity contribution >= 4 is 0 Å². The Labute approximate surface area is 81.2 Å². The second kappa shape index (κ2) is 5.74. The van der Waals surface area contributed by atoms with Crippen molar-refractivity contribution in [3.63, 3.8) is 0 Å². The molecule has 1 rings (SSSR count). The predicted octanol–water partition coefficient (Wildman–Crippen LogP) is 3.51. The van der Waals surface area contributed by atoms with Crippen LogP contribution < -0.4 is 0 Å². The van der Waals surface area contributed by atoms with E-state index in [9.17, 15) is 0 Å². The van der Waals surface area contributed by atoms with E-state index in [1.807, 2.05) is 0 Å². The highest BCUT2D eigenvalue weighted by Gasteiger charge is 1.94. The fraction of sp³-hybridized carbons (Fsp3) is 0.583. The van der Waals surface area contributed by atoms with E-state index in [2.05, 4.69) is 37.0 Å². The summed E-state index contributed by atoms with van der Waals surface area (Å²) < 4.78 is 0. The highest BCUT2D eigenvalue weighted by Crippen LogP contribution is 2.06. The van der Waals surface area contributed by atoms with Crippen LogP contribution in [0.3, 0.4) is 0 Å². The van der Waals surface area contributed by atoms with Crippen molar-refractivity contribution in [1.29, 1.82) is 0 Å². The van der Waals surface area contributed by atoms with Gasteiger partial charge in [-0.1, -0.05) is 32.3 Å². The molecule has 13 heavy (non-hydrogen) atoms. The number of rotatable bonds is 5. The molecule has 0 aromatic carbocycles. The van der Waals surface area contributed by atoms with Gasteiger partial charge >= 0.3 is 0 Å². The van der Waals surface area contributed by atoms with E-state index in [0.717, 1.165) is 12.1 Å². The van der Waals surface area contributed by atoms with Crippen molar-refractivity contribution in [3.8, 4) is 0 Å². The molecule has 0 unspecified atom stereocenters. The molecule has 1 aromatic heterocycles. The van der Waals surface area contributed by atoms with E-state index in [-0.39, 0.29) is 0 Å². The van der Waals surface area contributed by atoms with Crippen LogP contribution in [0.25, 0.3) is 0 Å². The molecule has 0 saturated heterocycles. The van der Waals surface area contributed by atoms with Crippen LogP contribution in [-0.2, 0) is 6.42 Å². The quantitative estimate of drug-likeness (QED) is 0.627. The van der Waals surface area contributed by atoms with Crippen molar-refractivity contribution in [3.05, 3.63) is 29.6 Å². The van der Waals surface area contributed by atoms with Crippen molar-refractivity contribution in [2.75, 3.05) is 0 Å². The molecular weight excluding hydrogens is 158 g/mol. The number of hydrogen-bond donors (Lipinski definition) is 0. The Morgan fingerprint density at radius 1 is 1.15 bits per heavy atom. The molecule has 0 fully saturated rings. The molecule has 0 spiro atoms. The van der Waals surface area contributed by atoms with E-state index < -0.39 is 0 Å². The van der Waals surface area contributed by atoms with Gasteiger partial charge in [-0.05, 0) is 31.9 Å². The lowest BCUT2D eigenvalue weighted by Gasteiger charge is -2.00. The van der Waals surface area contributed by atoms with E-state index in [1.165, 1.54) is 31.4 Å². The Morgan fingerprint density at radius 2 is 2.00 bits per heavy atom.